The Bertz CT molecular complexity index is 958. The van der Waals surface area contributed by atoms with Crippen molar-refractivity contribution in [1.82, 2.24) is 19.9 Å². The number of amides is 1. The number of hydrogen-bond acceptors (Lipinski definition) is 3. The Morgan fingerprint density at radius 1 is 1.24 bits per heavy atom. The molecule has 0 saturated carbocycles. The zero-order valence-electron chi connectivity index (χ0n) is 14.7. The second kappa shape index (κ2) is 6.31. The molecule has 1 amide bonds. The summed E-state index contributed by atoms with van der Waals surface area (Å²) in [5, 5.41) is 4.12. The van der Waals surface area contributed by atoms with Crippen LogP contribution in [0.5, 0.6) is 0 Å². The van der Waals surface area contributed by atoms with E-state index >= 15 is 0 Å². The number of carbonyl (C=O) groups is 1. The molecule has 0 saturated heterocycles. The van der Waals surface area contributed by atoms with E-state index < -0.39 is 0 Å². The fourth-order valence-electron chi connectivity index (χ4n) is 3.59. The monoisotopic (exact) mass is 334 g/mol. The number of nitrogens with zero attached hydrogens (tertiary/aromatic N) is 3. The fraction of sp³-hybridized carbons (Fsp3) is 0.350. The summed E-state index contributed by atoms with van der Waals surface area (Å²) in [4.78, 5) is 21.7. The first kappa shape index (κ1) is 15.8. The Hall–Kier alpha value is -2.69. The van der Waals surface area contributed by atoms with Crippen LogP contribution in [-0.4, -0.2) is 27.0 Å². The van der Waals surface area contributed by atoms with E-state index in [1.165, 1.54) is 17.7 Å². The van der Waals surface area contributed by atoms with Crippen molar-refractivity contribution in [2.75, 3.05) is 6.54 Å². The maximum absolute atomic E-state index is 12.4. The van der Waals surface area contributed by atoms with Crippen molar-refractivity contribution in [2.24, 2.45) is 7.05 Å². The molecule has 1 aliphatic carbocycles. The number of aryl methyl sites for hydroxylation is 3. The Kier molecular flexibility index (Phi) is 3.99. The molecule has 128 valence electrons. The summed E-state index contributed by atoms with van der Waals surface area (Å²) in [5.41, 5.74) is 5.36. The van der Waals surface area contributed by atoms with Gasteiger partial charge in [-0.1, -0.05) is 6.07 Å². The largest absolute Gasteiger partial charge is 0.352 e. The van der Waals surface area contributed by atoms with Crippen molar-refractivity contribution >= 4 is 16.8 Å². The van der Waals surface area contributed by atoms with Crippen LogP contribution in [0.25, 0.3) is 10.9 Å². The second-order valence-corrected chi connectivity index (χ2v) is 6.71. The summed E-state index contributed by atoms with van der Waals surface area (Å²) < 4.78 is 2.02. The number of benzene rings is 1. The molecule has 4 rings (SSSR count). The van der Waals surface area contributed by atoms with Crippen LogP contribution in [0.4, 0.5) is 0 Å². The molecular weight excluding hydrogens is 312 g/mol. The van der Waals surface area contributed by atoms with Gasteiger partial charge in [-0.15, -0.1) is 0 Å². The zero-order valence-corrected chi connectivity index (χ0v) is 14.7. The van der Waals surface area contributed by atoms with Gasteiger partial charge >= 0.3 is 0 Å². The normalized spacial score (nSPS) is 13.2. The lowest BCUT2D eigenvalue weighted by Gasteiger charge is -2.08. The topological polar surface area (TPSA) is 59.8 Å². The van der Waals surface area contributed by atoms with Crippen LogP contribution < -0.4 is 5.32 Å². The van der Waals surface area contributed by atoms with Gasteiger partial charge in [-0.25, -0.2) is 9.97 Å². The Balaban J connectivity index is 1.41. The van der Waals surface area contributed by atoms with Crippen molar-refractivity contribution in [2.45, 2.75) is 32.6 Å². The highest BCUT2D eigenvalue weighted by molar-refractivity contribution is 5.98. The van der Waals surface area contributed by atoms with Gasteiger partial charge in [0.15, 0.2) is 0 Å². The maximum atomic E-state index is 12.4. The van der Waals surface area contributed by atoms with Crippen LogP contribution in [0.1, 0.15) is 39.6 Å². The van der Waals surface area contributed by atoms with Gasteiger partial charge < -0.3 is 9.88 Å². The standard InChI is InChI=1S/C20H22N4O/c1-13-16-4-3-5-17(16)23-19(22-13)8-10-21-20(25)15-7-6-14-9-11-24(2)18(14)12-15/h6-7,9,11-12H,3-5,8,10H2,1-2H3,(H,21,25). The maximum Gasteiger partial charge on any atom is 0.251 e. The van der Waals surface area contributed by atoms with Crippen LogP contribution in [-0.2, 0) is 26.3 Å². The third-order valence-corrected chi connectivity index (χ3v) is 4.97. The Labute approximate surface area is 147 Å². The van der Waals surface area contributed by atoms with Crippen LogP contribution >= 0.6 is 0 Å². The van der Waals surface area contributed by atoms with Gasteiger partial charge in [-0.3, -0.25) is 4.79 Å². The molecule has 0 atom stereocenters. The molecule has 1 N–H and O–H groups in total. The summed E-state index contributed by atoms with van der Waals surface area (Å²) in [6.45, 7) is 2.60. The molecule has 0 radical (unpaired) electrons. The van der Waals surface area contributed by atoms with Gasteiger partial charge in [0, 0.05) is 48.7 Å². The van der Waals surface area contributed by atoms with E-state index in [2.05, 4.69) is 22.2 Å². The summed E-state index contributed by atoms with van der Waals surface area (Å²) in [7, 11) is 1.98. The third-order valence-electron chi connectivity index (χ3n) is 4.97. The molecule has 0 fully saturated rings. The van der Waals surface area contributed by atoms with Crippen molar-refractivity contribution in [1.29, 1.82) is 0 Å². The van der Waals surface area contributed by atoms with Crippen molar-refractivity contribution in [3.8, 4) is 0 Å². The van der Waals surface area contributed by atoms with Crippen LogP contribution in [0.3, 0.4) is 0 Å². The first-order valence-electron chi connectivity index (χ1n) is 8.80. The number of nitrogens with one attached hydrogen (secondary N) is 1. The van der Waals surface area contributed by atoms with Crippen molar-refractivity contribution < 1.29 is 4.79 Å². The fourth-order valence-corrected chi connectivity index (χ4v) is 3.59. The third kappa shape index (κ3) is 3.02. The molecule has 0 bridgehead atoms. The highest BCUT2D eigenvalue weighted by Crippen LogP contribution is 2.22. The highest BCUT2D eigenvalue weighted by Gasteiger charge is 2.17. The van der Waals surface area contributed by atoms with E-state index in [1.54, 1.807) is 0 Å². The average molecular weight is 334 g/mol. The smallest absolute Gasteiger partial charge is 0.251 e. The number of fused-ring (bicyclic) bond motifs is 2. The summed E-state index contributed by atoms with van der Waals surface area (Å²) in [6, 6.07) is 7.83. The molecule has 0 aliphatic heterocycles. The summed E-state index contributed by atoms with van der Waals surface area (Å²) in [6.07, 6.45) is 5.98. The Morgan fingerprint density at radius 2 is 2.12 bits per heavy atom. The minimum atomic E-state index is -0.0546. The predicted molar refractivity (Wildman–Crippen MR) is 97.8 cm³/mol. The molecule has 5 nitrogen and oxygen atoms in total. The SMILES string of the molecule is Cc1nc(CCNC(=O)c2ccc3ccn(C)c3c2)nc2c1CCC2. The number of carbonyl (C=O) groups excluding carboxylic acids is 1. The van der Waals surface area contributed by atoms with Gasteiger partial charge in [-0.05, 0) is 55.3 Å². The zero-order chi connectivity index (χ0) is 17.4. The van der Waals surface area contributed by atoms with Gasteiger partial charge in [0.1, 0.15) is 5.82 Å². The van der Waals surface area contributed by atoms with Crippen molar-refractivity contribution in [3.05, 3.63) is 58.8 Å². The van der Waals surface area contributed by atoms with E-state index in [1.807, 2.05) is 42.1 Å². The van der Waals surface area contributed by atoms with Gasteiger partial charge in [0.25, 0.3) is 5.91 Å². The molecule has 3 aromatic rings. The highest BCUT2D eigenvalue weighted by atomic mass is 16.1. The Morgan fingerprint density at radius 3 is 3.00 bits per heavy atom. The van der Waals surface area contributed by atoms with E-state index in [9.17, 15) is 4.79 Å². The number of rotatable bonds is 4. The van der Waals surface area contributed by atoms with Crippen LogP contribution in [0.2, 0.25) is 0 Å². The van der Waals surface area contributed by atoms with Gasteiger partial charge in [-0.2, -0.15) is 0 Å². The minimum absolute atomic E-state index is 0.0546. The van der Waals surface area contributed by atoms with E-state index in [4.69, 9.17) is 0 Å². The molecule has 5 heteroatoms. The second-order valence-electron chi connectivity index (χ2n) is 6.71. The molecular formula is C20H22N4O. The number of aromatic nitrogens is 3. The van der Waals surface area contributed by atoms with Gasteiger partial charge in [0.05, 0.1) is 0 Å². The lowest BCUT2D eigenvalue weighted by molar-refractivity contribution is 0.0954. The molecule has 0 unspecified atom stereocenters. The predicted octanol–water partition coefficient (Wildman–Crippen LogP) is 2.74. The van der Waals surface area contributed by atoms with E-state index in [-0.39, 0.29) is 5.91 Å². The average Bonchev–Trinajstić information content (AvgIpc) is 3.22. The van der Waals surface area contributed by atoms with Crippen molar-refractivity contribution in [3.63, 3.8) is 0 Å². The van der Waals surface area contributed by atoms with Crippen LogP contribution in [0.15, 0.2) is 30.5 Å². The van der Waals surface area contributed by atoms with Gasteiger partial charge in [0.2, 0.25) is 0 Å². The quantitative estimate of drug-likeness (QED) is 0.798. The lowest BCUT2D eigenvalue weighted by Crippen LogP contribution is -2.26. The molecule has 25 heavy (non-hydrogen) atoms. The first-order chi connectivity index (χ1) is 12.1. The first-order valence-corrected chi connectivity index (χ1v) is 8.80. The van der Waals surface area contributed by atoms with E-state index in [0.29, 0.717) is 18.5 Å². The number of hydrogen-bond donors (Lipinski definition) is 1. The summed E-state index contributed by atoms with van der Waals surface area (Å²) >= 11 is 0. The lowest BCUT2D eigenvalue weighted by atomic mass is 10.1. The molecule has 1 aromatic carbocycles. The molecule has 2 heterocycles. The van der Waals surface area contributed by atoms with Crippen LogP contribution in [0, 0.1) is 6.92 Å². The molecule has 0 spiro atoms. The van der Waals surface area contributed by atoms with E-state index in [0.717, 1.165) is 35.3 Å². The molecule has 1 aliphatic rings. The summed E-state index contributed by atoms with van der Waals surface area (Å²) in [5.74, 6) is 0.775. The minimum Gasteiger partial charge on any atom is -0.352 e. The molecule has 2 aromatic heterocycles.